The molecule has 4 aromatic rings. The molecule has 4 rings (SSSR count). The normalized spacial score (nSPS) is 13.0. The standard InChI is InChI=1S/C25H24ClN3O4/c1-14(31)23(13-30)29-25(32)15-3-6-17(7-4-15)27-24-19-9-5-16(26)11-22(19)28-21-10-8-18(33-2)12-20(21)24/h3-12,14,23,30-31H,13H2,1-2H3,(H,27,28)(H,29,32). The molecule has 1 amide bonds. The number of methoxy groups -OCH3 is 1. The molecule has 33 heavy (non-hydrogen) atoms. The SMILES string of the molecule is COc1ccc2nc3cc(Cl)ccc3c(Nc3ccc(C(=O)NC(CO)C(C)O)cc3)c2c1. The summed E-state index contributed by atoms with van der Waals surface area (Å²) in [6, 6.07) is 17.4. The van der Waals surface area contributed by atoms with Crippen molar-refractivity contribution >= 4 is 50.7 Å². The largest absolute Gasteiger partial charge is 0.497 e. The van der Waals surface area contributed by atoms with Crippen molar-refractivity contribution in [2.75, 3.05) is 19.0 Å². The van der Waals surface area contributed by atoms with E-state index in [1.807, 2.05) is 36.4 Å². The third-order valence-corrected chi connectivity index (χ3v) is 5.69. The van der Waals surface area contributed by atoms with Crippen molar-refractivity contribution in [2.45, 2.75) is 19.1 Å². The summed E-state index contributed by atoms with van der Waals surface area (Å²) in [5.74, 6) is 0.338. The first-order valence-corrected chi connectivity index (χ1v) is 10.8. The number of carbonyl (C=O) groups is 1. The molecular formula is C25H24ClN3O4. The van der Waals surface area contributed by atoms with Crippen molar-refractivity contribution in [3.63, 3.8) is 0 Å². The molecule has 2 unspecified atom stereocenters. The quantitative estimate of drug-likeness (QED) is 0.304. The number of aliphatic hydroxyl groups is 2. The highest BCUT2D eigenvalue weighted by molar-refractivity contribution is 6.31. The van der Waals surface area contributed by atoms with Gasteiger partial charge in [0.15, 0.2) is 0 Å². The summed E-state index contributed by atoms with van der Waals surface area (Å²) in [5.41, 5.74) is 3.58. The van der Waals surface area contributed by atoms with E-state index >= 15 is 0 Å². The van der Waals surface area contributed by atoms with Gasteiger partial charge in [0.25, 0.3) is 5.91 Å². The van der Waals surface area contributed by atoms with Crippen molar-refractivity contribution in [3.8, 4) is 5.75 Å². The highest BCUT2D eigenvalue weighted by Gasteiger charge is 2.18. The van der Waals surface area contributed by atoms with Crippen LogP contribution in [0.4, 0.5) is 11.4 Å². The molecule has 0 saturated heterocycles. The number of aromatic nitrogens is 1. The lowest BCUT2D eigenvalue weighted by molar-refractivity contribution is 0.0758. The number of amides is 1. The van der Waals surface area contributed by atoms with Crippen LogP contribution in [0.15, 0.2) is 60.7 Å². The highest BCUT2D eigenvalue weighted by Crippen LogP contribution is 2.36. The number of hydrogen-bond acceptors (Lipinski definition) is 6. The first-order valence-electron chi connectivity index (χ1n) is 10.4. The lowest BCUT2D eigenvalue weighted by Crippen LogP contribution is -2.44. The Hall–Kier alpha value is -3.39. The van der Waals surface area contributed by atoms with Crippen LogP contribution in [0.3, 0.4) is 0 Å². The molecular weight excluding hydrogens is 442 g/mol. The van der Waals surface area contributed by atoms with Crippen LogP contribution >= 0.6 is 11.6 Å². The van der Waals surface area contributed by atoms with Gasteiger partial charge in [-0.15, -0.1) is 0 Å². The van der Waals surface area contributed by atoms with Crippen molar-refractivity contribution in [3.05, 3.63) is 71.2 Å². The van der Waals surface area contributed by atoms with E-state index in [9.17, 15) is 15.0 Å². The first-order chi connectivity index (χ1) is 15.9. The molecule has 4 N–H and O–H groups in total. The van der Waals surface area contributed by atoms with E-state index in [-0.39, 0.29) is 12.5 Å². The molecule has 2 atom stereocenters. The summed E-state index contributed by atoms with van der Waals surface area (Å²) in [6.07, 6.45) is -0.862. The van der Waals surface area contributed by atoms with Gasteiger partial charge in [0.2, 0.25) is 0 Å². The molecule has 0 aliphatic rings. The van der Waals surface area contributed by atoms with Gasteiger partial charge in [-0.2, -0.15) is 0 Å². The Balaban J connectivity index is 1.70. The fourth-order valence-corrected chi connectivity index (χ4v) is 3.74. The van der Waals surface area contributed by atoms with Crippen LogP contribution in [-0.2, 0) is 0 Å². The Morgan fingerprint density at radius 3 is 2.48 bits per heavy atom. The van der Waals surface area contributed by atoms with Crippen LogP contribution in [0.2, 0.25) is 5.02 Å². The second-order valence-corrected chi connectivity index (χ2v) is 8.17. The number of carbonyl (C=O) groups excluding carboxylic acids is 1. The maximum atomic E-state index is 12.5. The number of nitrogens with one attached hydrogen (secondary N) is 2. The van der Waals surface area contributed by atoms with Crippen LogP contribution in [0, 0.1) is 0 Å². The summed E-state index contributed by atoms with van der Waals surface area (Å²) in [6.45, 7) is 1.17. The summed E-state index contributed by atoms with van der Waals surface area (Å²) < 4.78 is 5.40. The van der Waals surface area contributed by atoms with Crippen molar-refractivity contribution < 1.29 is 19.7 Å². The van der Waals surface area contributed by atoms with Crippen LogP contribution in [0.25, 0.3) is 21.8 Å². The number of pyridine rings is 1. The molecule has 7 nitrogen and oxygen atoms in total. The number of anilines is 2. The van der Waals surface area contributed by atoms with Crippen molar-refractivity contribution in [1.82, 2.24) is 10.3 Å². The van der Waals surface area contributed by atoms with E-state index < -0.39 is 12.1 Å². The first kappa shape index (κ1) is 22.8. The minimum atomic E-state index is -0.862. The maximum absolute atomic E-state index is 12.5. The number of aliphatic hydroxyl groups excluding tert-OH is 2. The lowest BCUT2D eigenvalue weighted by Gasteiger charge is -2.19. The number of benzene rings is 3. The summed E-state index contributed by atoms with van der Waals surface area (Å²) in [7, 11) is 1.62. The molecule has 8 heteroatoms. The van der Waals surface area contributed by atoms with Crippen LogP contribution in [0.5, 0.6) is 5.75 Å². The predicted octanol–water partition coefficient (Wildman–Crippen LogP) is 4.27. The smallest absolute Gasteiger partial charge is 0.251 e. The van der Waals surface area contributed by atoms with E-state index in [4.69, 9.17) is 21.3 Å². The summed E-state index contributed by atoms with van der Waals surface area (Å²) in [5, 5.41) is 27.4. The fourth-order valence-electron chi connectivity index (χ4n) is 3.58. The van der Waals surface area contributed by atoms with Crippen molar-refractivity contribution in [1.29, 1.82) is 0 Å². The molecule has 3 aromatic carbocycles. The molecule has 0 spiro atoms. The van der Waals surface area contributed by atoms with Gasteiger partial charge in [0.05, 0.1) is 42.6 Å². The Morgan fingerprint density at radius 1 is 1.06 bits per heavy atom. The van der Waals surface area contributed by atoms with E-state index in [0.717, 1.165) is 33.2 Å². The van der Waals surface area contributed by atoms with Gasteiger partial charge in [-0.05, 0) is 67.6 Å². The number of hydrogen-bond donors (Lipinski definition) is 4. The number of ether oxygens (including phenoxy) is 1. The molecule has 0 radical (unpaired) electrons. The van der Waals surface area contributed by atoms with Crippen molar-refractivity contribution in [2.24, 2.45) is 0 Å². The fraction of sp³-hybridized carbons (Fsp3) is 0.200. The average Bonchev–Trinajstić information content (AvgIpc) is 2.82. The highest BCUT2D eigenvalue weighted by atomic mass is 35.5. The third kappa shape index (κ3) is 4.85. The Bertz CT molecular complexity index is 1310. The van der Waals surface area contributed by atoms with E-state index in [1.165, 1.54) is 6.92 Å². The van der Waals surface area contributed by atoms with Crippen LogP contribution in [0.1, 0.15) is 17.3 Å². The molecule has 0 saturated carbocycles. The van der Waals surface area contributed by atoms with E-state index in [1.54, 1.807) is 31.4 Å². The minimum Gasteiger partial charge on any atom is -0.497 e. The van der Waals surface area contributed by atoms with Gasteiger partial charge in [0, 0.05) is 27.0 Å². The van der Waals surface area contributed by atoms with Crippen LogP contribution < -0.4 is 15.4 Å². The zero-order valence-corrected chi connectivity index (χ0v) is 18.9. The third-order valence-electron chi connectivity index (χ3n) is 5.46. The Kier molecular flexibility index (Phi) is 6.65. The topological polar surface area (TPSA) is 104 Å². The van der Waals surface area contributed by atoms with Gasteiger partial charge in [-0.3, -0.25) is 4.79 Å². The molecule has 0 aliphatic heterocycles. The van der Waals surface area contributed by atoms with E-state index in [2.05, 4.69) is 10.6 Å². The zero-order valence-electron chi connectivity index (χ0n) is 18.2. The van der Waals surface area contributed by atoms with Gasteiger partial charge < -0.3 is 25.6 Å². The Morgan fingerprint density at radius 2 is 1.82 bits per heavy atom. The van der Waals surface area contributed by atoms with Gasteiger partial charge in [-0.25, -0.2) is 4.98 Å². The molecule has 1 heterocycles. The predicted molar refractivity (Wildman–Crippen MR) is 131 cm³/mol. The molecule has 1 aromatic heterocycles. The summed E-state index contributed by atoms with van der Waals surface area (Å²) in [4.78, 5) is 17.2. The van der Waals surface area contributed by atoms with Gasteiger partial charge in [-0.1, -0.05) is 11.6 Å². The summed E-state index contributed by atoms with van der Waals surface area (Å²) >= 11 is 6.19. The average molecular weight is 466 g/mol. The lowest BCUT2D eigenvalue weighted by atomic mass is 10.1. The molecule has 0 aliphatic carbocycles. The minimum absolute atomic E-state index is 0.348. The van der Waals surface area contributed by atoms with Gasteiger partial charge in [0.1, 0.15) is 5.75 Å². The Labute approximate surface area is 196 Å². The maximum Gasteiger partial charge on any atom is 0.251 e. The van der Waals surface area contributed by atoms with Crippen LogP contribution in [-0.4, -0.2) is 47.0 Å². The number of fused-ring (bicyclic) bond motifs is 2. The molecule has 0 bridgehead atoms. The van der Waals surface area contributed by atoms with E-state index in [0.29, 0.717) is 16.3 Å². The number of rotatable bonds is 7. The second-order valence-electron chi connectivity index (χ2n) is 7.74. The van der Waals surface area contributed by atoms with Gasteiger partial charge >= 0.3 is 0 Å². The molecule has 170 valence electrons. The monoisotopic (exact) mass is 465 g/mol. The zero-order chi connectivity index (χ0) is 23.5. The molecule has 0 fully saturated rings. The second kappa shape index (κ2) is 9.62. The number of halogens is 1. The number of nitrogens with zero attached hydrogens (tertiary/aromatic N) is 1.